The highest BCUT2D eigenvalue weighted by atomic mass is 16.3. The summed E-state index contributed by atoms with van der Waals surface area (Å²) in [5.74, 6) is 0. The number of hydrogen-bond donors (Lipinski definition) is 1. The number of hydrogen-bond acceptors (Lipinski definition) is 1. The standard InChI is InChI=1S/C12H16O.C2H6.C2H4/c1-3-4-10(2)12-7-5-11(9-13)6-8-12;2*1-2/h5-8,13H,2-4,9H2,1H3;1-2H3;1-2H2. The Kier molecular flexibility index (Phi) is 13.5. The van der Waals surface area contributed by atoms with Crippen LogP contribution in [0.1, 0.15) is 44.7 Å². The van der Waals surface area contributed by atoms with E-state index in [1.165, 1.54) is 11.1 Å². The Morgan fingerprint density at radius 3 is 1.94 bits per heavy atom. The van der Waals surface area contributed by atoms with Crippen molar-refractivity contribution in [2.75, 3.05) is 0 Å². The molecule has 0 amide bonds. The van der Waals surface area contributed by atoms with Gasteiger partial charge < -0.3 is 5.11 Å². The first-order chi connectivity index (χ1) is 8.27. The minimum Gasteiger partial charge on any atom is -0.392 e. The molecule has 0 atom stereocenters. The van der Waals surface area contributed by atoms with E-state index in [1.807, 2.05) is 38.1 Å². The van der Waals surface area contributed by atoms with Crippen molar-refractivity contribution in [1.29, 1.82) is 0 Å². The fourth-order valence-corrected chi connectivity index (χ4v) is 1.29. The first kappa shape index (κ1) is 18.0. The molecule has 1 nitrogen and oxygen atoms in total. The summed E-state index contributed by atoms with van der Waals surface area (Å²) >= 11 is 0. The summed E-state index contributed by atoms with van der Waals surface area (Å²) in [6.07, 6.45) is 2.17. The summed E-state index contributed by atoms with van der Waals surface area (Å²) in [7, 11) is 0. The molecule has 0 saturated carbocycles. The maximum absolute atomic E-state index is 8.85. The Bertz CT molecular complexity index is 285. The van der Waals surface area contributed by atoms with Gasteiger partial charge in [0.25, 0.3) is 0 Å². The van der Waals surface area contributed by atoms with Gasteiger partial charge in [-0.3, -0.25) is 0 Å². The minimum absolute atomic E-state index is 0.112. The van der Waals surface area contributed by atoms with E-state index in [2.05, 4.69) is 26.7 Å². The van der Waals surface area contributed by atoms with Crippen LogP contribution >= 0.6 is 0 Å². The van der Waals surface area contributed by atoms with Crippen LogP contribution in [0.3, 0.4) is 0 Å². The molecular weight excluding hydrogens is 208 g/mol. The lowest BCUT2D eigenvalue weighted by molar-refractivity contribution is 0.282. The normalized spacial score (nSPS) is 8.24. The van der Waals surface area contributed by atoms with E-state index in [1.54, 1.807) is 0 Å². The van der Waals surface area contributed by atoms with E-state index >= 15 is 0 Å². The molecule has 1 aromatic carbocycles. The van der Waals surface area contributed by atoms with Crippen LogP contribution in [0.25, 0.3) is 5.57 Å². The third-order valence-electron chi connectivity index (χ3n) is 2.10. The molecule has 0 radical (unpaired) electrons. The maximum atomic E-state index is 8.85. The predicted molar refractivity (Wildman–Crippen MR) is 78.9 cm³/mol. The molecule has 0 heterocycles. The van der Waals surface area contributed by atoms with Crippen molar-refractivity contribution in [3.05, 3.63) is 55.1 Å². The van der Waals surface area contributed by atoms with Crippen LogP contribution in [0, 0.1) is 0 Å². The lowest BCUT2D eigenvalue weighted by atomic mass is 10.0. The van der Waals surface area contributed by atoms with Gasteiger partial charge in [-0.15, -0.1) is 13.2 Å². The van der Waals surface area contributed by atoms with E-state index < -0.39 is 0 Å². The molecule has 1 rings (SSSR count). The van der Waals surface area contributed by atoms with Crippen molar-refractivity contribution in [1.82, 2.24) is 0 Å². The Morgan fingerprint density at radius 2 is 1.59 bits per heavy atom. The highest BCUT2D eigenvalue weighted by molar-refractivity contribution is 5.63. The van der Waals surface area contributed by atoms with Crippen molar-refractivity contribution in [3.8, 4) is 0 Å². The Morgan fingerprint density at radius 1 is 1.12 bits per heavy atom. The third-order valence-corrected chi connectivity index (χ3v) is 2.10. The molecule has 0 spiro atoms. The van der Waals surface area contributed by atoms with E-state index in [9.17, 15) is 0 Å². The molecule has 0 aromatic heterocycles. The lowest BCUT2D eigenvalue weighted by Gasteiger charge is -2.04. The monoisotopic (exact) mass is 234 g/mol. The quantitative estimate of drug-likeness (QED) is 0.740. The molecule has 0 aliphatic heterocycles. The summed E-state index contributed by atoms with van der Waals surface area (Å²) in [5.41, 5.74) is 3.30. The topological polar surface area (TPSA) is 20.2 Å². The zero-order valence-electron chi connectivity index (χ0n) is 11.5. The van der Waals surface area contributed by atoms with Gasteiger partial charge >= 0.3 is 0 Å². The van der Waals surface area contributed by atoms with E-state index in [-0.39, 0.29) is 6.61 Å². The summed E-state index contributed by atoms with van der Waals surface area (Å²) in [6, 6.07) is 7.92. The number of benzene rings is 1. The van der Waals surface area contributed by atoms with Gasteiger partial charge in [-0.25, -0.2) is 0 Å². The van der Waals surface area contributed by atoms with E-state index in [0.717, 1.165) is 18.4 Å². The van der Waals surface area contributed by atoms with Crippen LogP contribution in [0.5, 0.6) is 0 Å². The second-order valence-corrected chi connectivity index (χ2v) is 3.21. The van der Waals surface area contributed by atoms with Gasteiger partial charge in [-0.2, -0.15) is 0 Å². The van der Waals surface area contributed by atoms with Gasteiger partial charge in [0.15, 0.2) is 0 Å². The fraction of sp³-hybridized carbons (Fsp3) is 0.375. The van der Waals surface area contributed by atoms with Gasteiger partial charge in [0.1, 0.15) is 0 Å². The van der Waals surface area contributed by atoms with Crippen LogP contribution in [0.2, 0.25) is 0 Å². The predicted octanol–water partition coefficient (Wildman–Crippen LogP) is 4.82. The summed E-state index contributed by atoms with van der Waals surface area (Å²) in [6.45, 7) is 16.3. The highest BCUT2D eigenvalue weighted by Crippen LogP contribution is 2.17. The molecule has 96 valence electrons. The molecule has 1 heteroatoms. The molecule has 0 saturated heterocycles. The van der Waals surface area contributed by atoms with Crippen LogP contribution in [-0.4, -0.2) is 5.11 Å². The van der Waals surface area contributed by atoms with Gasteiger partial charge in [0.2, 0.25) is 0 Å². The lowest BCUT2D eigenvalue weighted by Crippen LogP contribution is -1.85. The van der Waals surface area contributed by atoms with Crippen molar-refractivity contribution >= 4 is 5.57 Å². The highest BCUT2D eigenvalue weighted by Gasteiger charge is 1.97. The van der Waals surface area contributed by atoms with Crippen LogP contribution in [0.4, 0.5) is 0 Å². The molecule has 0 fully saturated rings. The zero-order valence-corrected chi connectivity index (χ0v) is 11.5. The van der Waals surface area contributed by atoms with Crippen molar-refractivity contribution in [2.24, 2.45) is 0 Å². The zero-order chi connectivity index (χ0) is 13.7. The van der Waals surface area contributed by atoms with Gasteiger partial charge in [0, 0.05) is 0 Å². The largest absolute Gasteiger partial charge is 0.392 e. The van der Waals surface area contributed by atoms with Crippen LogP contribution in [0.15, 0.2) is 44.0 Å². The minimum atomic E-state index is 0.112. The summed E-state index contributed by atoms with van der Waals surface area (Å²) in [5, 5.41) is 8.85. The third kappa shape index (κ3) is 7.53. The maximum Gasteiger partial charge on any atom is 0.0681 e. The van der Waals surface area contributed by atoms with E-state index in [4.69, 9.17) is 5.11 Å². The van der Waals surface area contributed by atoms with Crippen molar-refractivity contribution in [2.45, 2.75) is 40.2 Å². The van der Waals surface area contributed by atoms with E-state index in [0.29, 0.717) is 0 Å². The molecule has 0 aliphatic carbocycles. The second kappa shape index (κ2) is 12.7. The average molecular weight is 234 g/mol. The summed E-state index contributed by atoms with van der Waals surface area (Å²) < 4.78 is 0. The van der Waals surface area contributed by atoms with Crippen molar-refractivity contribution in [3.63, 3.8) is 0 Å². The number of allylic oxidation sites excluding steroid dienone is 1. The molecule has 1 N–H and O–H groups in total. The molecule has 0 aliphatic rings. The van der Waals surface area contributed by atoms with Gasteiger partial charge in [0.05, 0.1) is 6.61 Å². The van der Waals surface area contributed by atoms with Gasteiger partial charge in [-0.05, 0) is 23.1 Å². The number of aliphatic hydroxyl groups is 1. The van der Waals surface area contributed by atoms with Crippen LogP contribution in [-0.2, 0) is 6.61 Å². The van der Waals surface area contributed by atoms with Gasteiger partial charge in [-0.1, -0.05) is 58.0 Å². The molecular formula is C16H26O. The Hall–Kier alpha value is -1.34. The summed E-state index contributed by atoms with van der Waals surface area (Å²) in [4.78, 5) is 0. The molecule has 1 aromatic rings. The fourth-order valence-electron chi connectivity index (χ4n) is 1.29. The Labute approximate surface area is 107 Å². The smallest absolute Gasteiger partial charge is 0.0681 e. The molecule has 0 unspecified atom stereocenters. The average Bonchev–Trinajstić information content (AvgIpc) is 2.43. The second-order valence-electron chi connectivity index (χ2n) is 3.21. The number of aliphatic hydroxyl groups excluding tert-OH is 1. The SMILES string of the molecule is C=C.C=C(CCC)c1ccc(CO)cc1.CC. The first-order valence-electron chi connectivity index (χ1n) is 6.16. The number of rotatable bonds is 4. The Balaban J connectivity index is 0. The van der Waals surface area contributed by atoms with Crippen LogP contribution < -0.4 is 0 Å². The first-order valence-corrected chi connectivity index (χ1v) is 6.16. The molecule has 0 bridgehead atoms. The molecule has 17 heavy (non-hydrogen) atoms. The van der Waals surface area contributed by atoms with Crippen molar-refractivity contribution < 1.29 is 5.11 Å².